The molecule has 1 saturated heterocycles. The summed E-state index contributed by atoms with van der Waals surface area (Å²) in [5.41, 5.74) is 5.56. The maximum absolute atomic E-state index is 12.1. The van der Waals surface area contributed by atoms with Crippen molar-refractivity contribution in [1.82, 2.24) is 4.90 Å². The van der Waals surface area contributed by atoms with Crippen LogP contribution in [-0.4, -0.2) is 30.3 Å². The van der Waals surface area contributed by atoms with E-state index < -0.39 is 12.1 Å². The Kier molecular flexibility index (Phi) is 3.78. The van der Waals surface area contributed by atoms with Gasteiger partial charge in [-0.05, 0) is 30.5 Å². The van der Waals surface area contributed by atoms with Crippen LogP contribution in [0.3, 0.4) is 0 Å². The summed E-state index contributed by atoms with van der Waals surface area (Å²) in [5, 5.41) is 0. The molecule has 0 aliphatic carbocycles. The number of hydrogen-bond acceptors (Lipinski definition) is 3. The van der Waals surface area contributed by atoms with Crippen molar-refractivity contribution in [2.24, 2.45) is 5.92 Å². The Labute approximate surface area is 114 Å². The molecular formula is C13H15F3N2O2. The summed E-state index contributed by atoms with van der Waals surface area (Å²) in [7, 11) is 0. The number of nitrogen functional groups attached to an aromatic ring is 1. The van der Waals surface area contributed by atoms with E-state index in [1.807, 2.05) is 6.92 Å². The van der Waals surface area contributed by atoms with Crippen molar-refractivity contribution in [3.05, 3.63) is 23.8 Å². The normalized spacial score (nSPS) is 19.2. The lowest BCUT2D eigenvalue weighted by Crippen LogP contribution is -2.28. The quantitative estimate of drug-likeness (QED) is 0.851. The minimum Gasteiger partial charge on any atom is -0.404 e. The van der Waals surface area contributed by atoms with Gasteiger partial charge in [-0.3, -0.25) is 4.79 Å². The molecule has 1 heterocycles. The predicted molar refractivity (Wildman–Crippen MR) is 67.2 cm³/mol. The molecule has 1 aromatic carbocycles. The minimum absolute atomic E-state index is 0.208. The van der Waals surface area contributed by atoms with Gasteiger partial charge in [0.15, 0.2) is 5.75 Å². The van der Waals surface area contributed by atoms with Crippen LogP contribution in [0, 0.1) is 5.92 Å². The van der Waals surface area contributed by atoms with E-state index in [9.17, 15) is 18.0 Å². The van der Waals surface area contributed by atoms with Crippen molar-refractivity contribution < 1.29 is 22.7 Å². The summed E-state index contributed by atoms with van der Waals surface area (Å²) in [6.45, 7) is 3.35. The third-order valence-electron chi connectivity index (χ3n) is 3.19. The van der Waals surface area contributed by atoms with Crippen LogP contribution in [0.5, 0.6) is 5.75 Å². The summed E-state index contributed by atoms with van der Waals surface area (Å²) in [6, 6.07) is 3.57. The molecule has 1 amide bonds. The average molecular weight is 288 g/mol. The van der Waals surface area contributed by atoms with Crippen molar-refractivity contribution in [2.75, 3.05) is 18.8 Å². The standard InChI is InChI=1S/C13H15F3N2O2/c1-8-4-5-18(7-8)12(19)9-2-3-11(10(17)6-9)20-13(14,15)16/h2-3,6,8H,4-5,7,17H2,1H3. The van der Waals surface area contributed by atoms with Crippen LogP contribution in [0.25, 0.3) is 0 Å². The van der Waals surface area contributed by atoms with Gasteiger partial charge in [-0.15, -0.1) is 13.2 Å². The fourth-order valence-corrected chi connectivity index (χ4v) is 2.20. The summed E-state index contributed by atoms with van der Waals surface area (Å²) in [6.07, 6.45) is -3.87. The van der Waals surface area contributed by atoms with Gasteiger partial charge >= 0.3 is 6.36 Å². The average Bonchev–Trinajstić information content (AvgIpc) is 2.76. The maximum atomic E-state index is 12.1. The van der Waals surface area contributed by atoms with E-state index in [1.54, 1.807) is 4.90 Å². The first-order chi connectivity index (χ1) is 9.26. The maximum Gasteiger partial charge on any atom is 0.573 e. The van der Waals surface area contributed by atoms with E-state index in [0.29, 0.717) is 19.0 Å². The smallest absolute Gasteiger partial charge is 0.404 e. The van der Waals surface area contributed by atoms with Gasteiger partial charge in [-0.2, -0.15) is 0 Å². The molecule has 2 rings (SSSR count). The number of nitrogens with zero attached hydrogens (tertiary/aromatic N) is 1. The molecule has 0 spiro atoms. The second kappa shape index (κ2) is 5.22. The summed E-state index contributed by atoms with van der Waals surface area (Å²) in [4.78, 5) is 13.8. The molecule has 1 aliphatic rings. The topological polar surface area (TPSA) is 55.6 Å². The molecule has 4 nitrogen and oxygen atoms in total. The molecule has 2 N–H and O–H groups in total. The molecular weight excluding hydrogens is 273 g/mol. The van der Waals surface area contributed by atoms with Gasteiger partial charge in [0.25, 0.3) is 5.91 Å². The van der Waals surface area contributed by atoms with Gasteiger partial charge in [0.2, 0.25) is 0 Å². The predicted octanol–water partition coefficient (Wildman–Crippen LogP) is 2.65. The highest BCUT2D eigenvalue weighted by Gasteiger charge is 2.32. The summed E-state index contributed by atoms with van der Waals surface area (Å²) >= 11 is 0. The zero-order valence-corrected chi connectivity index (χ0v) is 10.9. The fraction of sp³-hybridized carbons (Fsp3) is 0.462. The number of likely N-dealkylation sites (tertiary alicyclic amines) is 1. The van der Waals surface area contributed by atoms with Gasteiger partial charge in [0.1, 0.15) is 0 Å². The van der Waals surface area contributed by atoms with Gasteiger partial charge in [0, 0.05) is 18.7 Å². The lowest BCUT2D eigenvalue weighted by atomic mass is 10.1. The molecule has 1 aliphatic heterocycles. The highest BCUT2D eigenvalue weighted by Crippen LogP contribution is 2.29. The molecule has 0 bridgehead atoms. The third-order valence-corrected chi connectivity index (χ3v) is 3.19. The van der Waals surface area contributed by atoms with Gasteiger partial charge in [-0.1, -0.05) is 6.92 Å². The molecule has 0 radical (unpaired) electrons. The summed E-state index contributed by atoms with van der Waals surface area (Å²) < 4.78 is 40.1. The van der Waals surface area contributed by atoms with E-state index in [-0.39, 0.29) is 17.2 Å². The van der Waals surface area contributed by atoms with Crippen LogP contribution < -0.4 is 10.5 Å². The summed E-state index contributed by atoms with van der Waals surface area (Å²) in [5.74, 6) is -0.285. The largest absolute Gasteiger partial charge is 0.573 e. The Morgan fingerprint density at radius 3 is 2.65 bits per heavy atom. The number of benzene rings is 1. The Bertz CT molecular complexity index is 517. The molecule has 7 heteroatoms. The number of amides is 1. The van der Waals surface area contributed by atoms with Crippen LogP contribution in [0.4, 0.5) is 18.9 Å². The molecule has 110 valence electrons. The van der Waals surface area contributed by atoms with E-state index in [2.05, 4.69) is 4.74 Å². The number of carbonyl (C=O) groups excluding carboxylic acids is 1. The lowest BCUT2D eigenvalue weighted by molar-refractivity contribution is -0.274. The molecule has 1 aromatic rings. The molecule has 0 saturated carbocycles. The SMILES string of the molecule is CC1CCN(C(=O)c2ccc(OC(F)(F)F)c(N)c2)C1. The zero-order valence-electron chi connectivity index (χ0n) is 10.9. The van der Waals surface area contributed by atoms with E-state index in [0.717, 1.165) is 12.5 Å². The van der Waals surface area contributed by atoms with Crippen LogP contribution in [0.1, 0.15) is 23.7 Å². The number of hydrogen-bond donors (Lipinski definition) is 1. The zero-order chi connectivity index (χ0) is 14.9. The van der Waals surface area contributed by atoms with Gasteiger partial charge < -0.3 is 15.4 Å². The van der Waals surface area contributed by atoms with Gasteiger partial charge in [-0.25, -0.2) is 0 Å². The fourth-order valence-electron chi connectivity index (χ4n) is 2.20. The number of carbonyl (C=O) groups is 1. The molecule has 0 aromatic heterocycles. The van der Waals surface area contributed by atoms with Crippen molar-refractivity contribution in [1.29, 1.82) is 0 Å². The lowest BCUT2D eigenvalue weighted by Gasteiger charge is -2.17. The van der Waals surface area contributed by atoms with Gasteiger partial charge in [0.05, 0.1) is 5.69 Å². The third kappa shape index (κ3) is 3.34. The molecule has 1 fully saturated rings. The highest BCUT2D eigenvalue weighted by molar-refractivity contribution is 5.95. The first kappa shape index (κ1) is 14.5. The molecule has 1 unspecified atom stereocenters. The van der Waals surface area contributed by atoms with Crippen LogP contribution in [0.15, 0.2) is 18.2 Å². The molecule has 20 heavy (non-hydrogen) atoms. The second-order valence-corrected chi connectivity index (χ2v) is 4.95. The highest BCUT2D eigenvalue weighted by atomic mass is 19.4. The number of nitrogens with two attached hydrogens (primary N) is 1. The van der Waals surface area contributed by atoms with Crippen molar-refractivity contribution in [3.8, 4) is 5.75 Å². The van der Waals surface area contributed by atoms with Crippen molar-refractivity contribution in [2.45, 2.75) is 19.7 Å². The second-order valence-electron chi connectivity index (χ2n) is 4.95. The Balaban J connectivity index is 2.14. The number of anilines is 1. The van der Waals surface area contributed by atoms with E-state index in [1.165, 1.54) is 12.1 Å². The van der Waals surface area contributed by atoms with Crippen molar-refractivity contribution >= 4 is 11.6 Å². The monoisotopic (exact) mass is 288 g/mol. The molecule has 1 atom stereocenters. The van der Waals surface area contributed by atoms with Crippen LogP contribution in [-0.2, 0) is 0 Å². The van der Waals surface area contributed by atoms with Crippen molar-refractivity contribution in [3.63, 3.8) is 0 Å². The van der Waals surface area contributed by atoms with E-state index >= 15 is 0 Å². The number of rotatable bonds is 2. The first-order valence-electron chi connectivity index (χ1n) is 6.21. The minimum atomic E-state index is -4.80. The number of alkyl halides is 3. The van der Waals surface area contributed by atoms with Crippen LogP contribution in [0.2, 0.25) is 0 Å². The first-order valence-corrected chi connectivity index (χ1v) is 6.21. The Hall–Kier alpha value is -1.92. The van der Waals surface area contributed by atoms with E-state index in [4.69, 9.17) is 5.73 Å². The Morgan fingerprint density at radius 2 is 2.15 bits per heavy atom. The Morgan fingerprint density at radius 1 is 1.45 bits per heavy atom. The number of halogens is 3. The number of ether oxygens (including phenoxy) is 1. The van der Waals surface area contributed by atoms with Crippen LogP contribution >= 0.6 is 0 Å².